The number of hydrogen-bond acceptors (Lipinski definition) is 1. The van der Waals surface area contributed by atoms with Gasteiger partial charge in [-0.15, -0.1) is 0 Å². The molecule has 4 aliphatic carbocycles. The van der Waals surface area contributed by atoms with Gasteiger partial charge in [0.1, 0.15) is 0 Å². The molecule has 0 spiro atoms. The lowest BCUT2D eigenvalue weighted by molar-refractivity contribution is -0.149. The summed E-state index contributed by atoms with van der Waals surface area (Å²) >= 11 is 0. The minimum atomic E-state index is -0.0435. The molecule has 0 unspecified atom stereocenters. The first-order chi connectivity index (χ1) is 14.6. The zero-order chi connectivity index (χ0) is 22.6. The van der Waals surface area contributed by atoms with Gasteiger partial charge in [-0.2, -0.15) is 0 Å². The average molecular weight is 431 g/mol. The van der Waals surface area contributed by atoms with Crippen molar-refractivity contribution in [2.75, 3.05) is 0 Å². The normalized spacial score (nSPS) is 49.3. The molecule has 4 rings (SSSR count). The highest BCUT2D eigenvalue weighted by Gasteiger charge is 2.61. The van der Waals surface area contributed by atoms with Gasteiger partial charge < -0.3 is 5.11 Å². The molecule has 180 valence electrons. The Morgan fingerprint density at radius 3 is 2.13 bits per heavy atom. The third kappa shape index (κ3) is 3.95. The zero-order valence-corrected chi connectivity index (χ0v) is 22.0. The predicted octanol–water partition coefficient (Wildman–Crippen LogP) is 8.35. The molecule has 0 radical (unpaired) electrons. The van der Waals surface area contributed by atoms with Crippen molar-refractivity contribution in [3.05, 3.63) is 0 Å². The van der Waals surface area contributed by atoms with E-state index in [4.69, 9.17) is 0 Å². The topological polar surface area (TPSA) is 20.2 Å². The monoisotopic (exact) mass is 430 g/mol. The van der Waals surface area contributed by atoms with Crippen LogP contribution in [0.4, 0.5) is 0 Å². The number of fused-ring (bicyclic) bond motifs is 5. The van der Waals surface area contributed by atoms with Gasteiger partial charge in [-0.25, -0.2) is 0 Å². The van der Waals surface area contributed by atoms with Gasteiger partial charge in [0.05, 0.1) is 6.10 Å². The van der Waals surface area contributed by atoms with Crippen molar-refractivity contribution < 1.29 is 5.11 Å². The Morgan fingerprint density at radius 2 is 1.45 bits per heavy atom. The van der Waals surface area contributed by atoms with Gasteiger partial charge in [-0.1, -0.05) is 61.3 Å². The van der Waals surface area contributed by atoms with Crippen LogP contribution in [0.1, 0.15) is 119 Å². The Hall–Kier alpha value is -0.0400. The molecule has 0 amide bonds. The lowest BCUT2D eigenvalue weighted by atomic mass is 9.43. The molecule has 11 atom stereocenters. The largest absolute Gasteiger partial charge is 0.393 e. The van der Waals surface area contributed by atoms with E-state index in [1.165, 1.54) is 64.2 Å². The fourth-order valence-corrected chi connectivity index (χ4v) is 10.4. The van der Waals surface area contributed by atoms with Crippen molar-refractivity contribution in [3.63, 3.8) is 0 Å². The Balaban J connectivity index is 1.46. The summed E-state index contributed by atoms with van der Waals surface area (Å²) in [7, 11) is 0. The molecule has 0 bridgehead atoms. The average Bonchev–Trinajstić information content (AvgIpc) is 3.08. The Morgan fingerprint density at radius 1 is 0.806 bits per heavy atom. The summed E-state index contributed by atoms with van der Waals surface area (Å²) in [5.74, 6) is 7.77. The summed E-state index contributed by atoms with van der Waals surface area (Å²) in [6, 6.07) is 0. The molecule has 4 aliphatic rings. The first-order valence-electron chi connectivity index (χ1n) is 14.3. The smallest absolute Gasteiger partial charge is 0.0568 e. The quantitative estimate of drug-likeness (QED) is 0.449. The van der Waals surface area contributed by atoms with Crippen LogP contribution in [0.15, 0.2) is 0 Å². The van der Waals surface area contributed by atoms with E-state index in [-0.39, 0.29) is 6.10 Å². The molecule has 0 saturated heterocycles. The molecule has 4 saturated carbocycles. The lowest BCUT2D eigenvalue weighted by Gasteiger charge is -2.62. The van der Waals surface area contributed by atoms with Crippen LogP contribution >= 0.6 is 0 Å². The van der Waals surface area contributed by atoms with Crippen molar-refractivity contribution in [2.45, 2.75) is 125 Å². The van der Waals surface area contributed by atoms with Crippen LogP contribution in [0.3, 0.4) is 0 Å². The van der Waals surface area contributed by atoms with Gasteiger partial charge in [0.25, 0.3) is 0 Å². The Bertz CT molecular complexity index is 612. The highest BCUT2D eigenvalue weighted by atomic mass is 16.3. The first-order valence-corrected chi connectivity index (χ1v) is 14.3. The summed E-state index contributed by atoms with van der Waals surface area (Å²) in [6.07, 6.45) is 15.3. The fourth-order valence-electron chi connectivity index (χ4n) is 10.4. The van der Waals surface area contributed by atoms with Crippen LogP contribution in [0.25, 0.3) is 0 Å². The summed E-state index contributed by atoms with van der Waals surface area (Å²) in [4.78, 5) is 0. The fraction of sp³-hybridized carbons (Fsp3) is 1.00. The van der Waals surface area contributed by atoms with E-state index in [0.717, 1.165) is 53.8 Å². The van der Waals surface area contributed by atoms with Crippen LogP contribution in [0.2, 0.25) is 0 Å². The predicted molar refractivity (Wildman–Crippen MR) is 133 cm³/mol. The molecule has 0 aromatic rings. The van der Waals surface area contributed by atoms with Crippen molar-refractivity contribution >= 4 is 0 Å². The van der Waals surface area contributed by atoms with Crippen LogP contribution < -0.4 is 0 Å². The molecule has 0 heterocycles. The molecular weight excluding hydrogens is 376 g/mol. The summed E-state index contributed by atoms with van der Waals surface area (Å²) < 4.78 is 0. The minimum Gasteiger partial charge on any atom is -0.393 e. The van der Waals surface area contributed by atoms with Gasteiger partial charge in [-0.05, 0) is 122 Å². The van der Waals surface area contributed by atoms with E-state index in [0.29, 0.717) is 16.7 Å². The molecule has 31 heavy (non-hydrogen) atoms. The van der Waals surface area contributed by atoms with Crippen LogP contribution in [-0.2, 0) is 0 Å². The van der Waals surface area contributed by atoms with Crippen LogP contribution in [0.5, 0.6) is 0 Å². The van der Waals surface area contributed by atoms with E-state index in [1.54, 1.807) is 0 Å². The third-order valence-corrected chi connectivity index (χ3v) is 12.4. The van der Waals surface area contributed by atoms with Crippen molar-refractivity contribution in [1.29, 1.82) is 0 Å². The maximum absolute atomic E-state index is 10.6. The Kier molecular flexibility index (Phi) is 6.96. The second-order valence-corrected chi connectivity index (χ2v) is 13.7. The highest BCUT2D eigenvalue weighted by Crippen LogP contribution is 2.69. The van der Waals surface area contributed by atoms with Gasteiger partial charge in [0.2, 0.25) is 0 Å². The van der Waals surface area contributed by atoms with E-state index in [1.807, 2.05) is 0 Å². The number of rotatable bonds is 6. The Labute approximate surface area is 194 Å². The van der Waals surface area contributed by atoms with Crippen LogP contribution in [0, 0.1) is 64.1 Å². The zero-order valence-electron chi connectivity index (χ0n) is 22.0. The summed E-state index contributed by atoms with van der Waals surface area (Å²) in [5, 5.41) is 10.6. The second-order valence-electron chi connectivity index (χ2n) is 13.7. The van der Waals surface area contributed by atoms with Crippen molar-refractivity contribution in [1.82, 2.24) is 0 Å². The summed E-state index contributed by atoms with van der Waals surface area (Å²) in [5.41, 5.74) is 1.10. The SMILES string of the molecule is CC[C@@H](CC[C@@H](C)[C@H]1CC[C@H]2[C@@H]3CC[C@H]4[C@H](C)[C@@H](O)CC[C@]4(C)[C@H]3CC[C@]12C)C(C)C. The van der Waals surface area contributed by atoms with Crippen molar-refractivity contribution in [3.8, 4) is 0 Å². The molecule has 1 N–H and O–H groups in total. The van der Waals surface area contributed by atoms with Gasteiger partial charge in [0, 0.05) is 0 Å². The number of aliphatic hydroxyl groups is 1. The van der Waals surface area contributed by atoms with E-state index in [9.17, 15) is 5.11 Å². The molecule has 4 fully saturated rings. The highest BCUT2D eigenvalue weighted by molar-refractivity contribution is 5.10. The molecule has 0 aromatic carbocycles. The number of hydrogen-bond donors (Lipinski definition) is 1. The molecule has 0 aliphatic heterocycles. The van der Waals surface area contributed by atoms with E-state index >= 15 is 0 Å². The molecular formula is C30H54O. The molecule has 1 heteroatoms. The minimum absolute atomic E-state index is 0.0435. The number of aliphatic hydroxyl groups excluding tert-OH is 1. The van der Waals surface area contributed by atoms with Gasteiger partial charge >= 0.3 is 0 Å². The van der Waals surface area contributed by atoms with Crippen molar-refractivity contribution in [2.24, 2.45) is 64.1 Å². The van der Waals surface area contributed by atoms with E-state index in [2.05, 4.69) is 48.5 Å². The van der Waals surface area contributed by atoms with Gasteiger partial charge in [0.15, 0.2) is 0 Å². The first kappa shape index (κ1) is 24.1. The summed E-state index contributed by atoms with van der Waals surface area (Å²) in [6.45, 7) is 17.6. The third-order valence-electron chi connectivity index (χ3n) is 12.4. The maximum atomic E-state index is 10.6. The van der Waals surface area contributed by atoms with E-state index < -0.39 is 0 Å². The lowest BCUT2D eigenvalue weighted by Crippen LogP contribution is -2.56. The van der Waals surface area contributed by atoms with Crippen LogP contribution in [-0.4, -0.2) is 11.2 Å². The molecule has 1 nitrogen and oxygen atoms in total. The molecule has 0 aromatic heterocycles. The standard InChI is InChI=1S/C30H54O/c1-8-22(19(2)3)10-9-20(4)24-13-14-26-23-11-12-25-21(5)28(31)16-18-30(25,7)27(23)15-17-29(24,26)6/h19-28,31H,8-18H2,1-7H3/t20-,21+,22+,23+,24-,25+,26+,27+,28+,29-,30+/m1/s1. The maximum Gasteiger partial charge on any atom is 0.0568 e. The van der Waals surface area contributed by atoms with Gasteiger partial charge in [-0.3, -0.25) is 0 Å². The second kappa shape index (κ2) is 8.96.